The number of piperidine rings is 1. The summed E-state index contributed by atoms with van der Waals surface area (Å²) in [6.07, 6.45) is 3.55. The molecule has 1 N–H and O–H groups in total. The van der Waals surface area contributed by atoms with Crippen LogP contribution in [0, 0.1) is 0 Å². The van der Waals surface area contributed by atoms with Crippen LogP contribution in [0.5, 0.6) is 5.75 Å². The van der Waals surface area contributed by atoms with Crippen molar-refractivity contribution in [2.75, 3.05) is 26.7 Å². The van der Waals surface area contributed by atoms with E-state index in [0.29, 0.717) is 12.3 Å². The second kappa shape index (κ2) is 9.98. The highest BCUT2D eigenvalue weighted by atomic mass is 35.5. The number of hydrogen-bond donors (Lipinski definition) is 1. The summed E-state index contributed by atoms with van der Waals surface area (Å²) in [6.45, 7) is 2.45. The van der Waals surface area contributed by atoms with Crippen LogP contribution in [0.25, 0.3) is 11.3 Å². The molecule has 1 saturated heterocycles. The van der Waals surface area contributed by atoms with Crippen LogP contribution < -0.4 is 10.1 Å². The zero-order chi connectivity index (χ0) is 21.6. The fourth-order valence-corrected chi connectivity index (χ4v) is 4.23. The molecule has 4 rings (SSSR count). The predicted octanol–water partition coefficient (Wildman–Crippen LogP) is 4.96. The van der Waals surface area contributed by atoms with Gasteiger partial charge in [0.25, 0.3) is 5.91 Å². The number of likely N-dealkylation sites (tertiary alicyclic amines) is 1. The molecule has 0 aliphatic carbocycles. The number of nitrogens with zero attached hydrogens (tertiary/aromatic N) is 2. The molecule has 0 bridgehead atoms. The van der Waals surface area contributed by atoms with Crippen LogP contribution in [0.3, 0.4) is 0 Å². The zero-order valence-electron chi connectivity index (χ0n) is 17.5. The van der Waals surface area contributed by atoms with Gasteiger partial charge in [-0.05, 0) is 61.8 Å². The van der Waals surface area contributed by atoms with Gasteiger partial charge >= 0.3 is 0 Å². The minimum absolute atomic E-state index is 0.0194. The minimum atomic E-state index is -0.266. The molecule has 31 heavy (non-hydrogen) atoms. The first-order valence-electron chi connectivity index (χ1n) is 10.5. The van der Waals surface area contributed by atoms with E-state index in [1.54, 1.807) is 13.2 Å². The standard InChI is InChI=1S/C24H26ClN3O3/c1-30-18-11-9-17(10-12-18)23-15-21(27-31-23)24(29)26-16-22(28-13-5-2-6-14-28)19-7-3-4-8-20(19)25/h3-4,7-12,15,22H,2,5-6,13-14,16H2,1H3,(H,26,29). The van der Waals surface area contributed by atoms with Gasteiger partial charge < -0.3 is 14.6 Å². The number of amides is 1. The maximum absolute atomic E-state index is 12.8. The van der Waals surface area contributed by atoms with Crippen molar-refractivity contribution in [3.63, 3.8) is 0 Å². The first-order chi connectivity index (χ1) is 15.2. The maximum Gasteiger partial charge on any atom is 0.273 e. The van der Waals surface area contributed by atoms with E-state index >= 15 is 0 Å². The highest BCUT2D eigenvalue weighted by Gasteiger charge is 2.25. The van der Waals surface area contributed by atoms with Gasteiger partial charge in [0.15, 0.2) is 11.5 Å². The Kier molecular flexibility index (Phi) is 6.89. The fourth-order valence-electron chi connectivity index (χ4n) is 3.96. The molecular weight excluding hydrogens is 414 g/mol. The first kappa shape index (κ1) is 21.4. The first-order valence-corrected chi connectivity index (χ1v) is 10.9. The molecule has 1 atom stereocenters. The number of carbonyl (C=O) groups excluding carboxylic acids is 1. The van der Waals surface area contributed by atoms with Crippen LogP contribution in [-0.4, -0.2) is 42.7 Å². The number of carbonyl (C=O) groups is 1. The molecule has 162 valence electrons. The molecule has 0 spiro atoms. The van der Waals surface area contributed by atoms with E-state index in [-0.39, 0.29) is 17.6 Å². The summed E-state index contributed by atoms with van der Waals surface area (Å²) in [5.74, 6) is 1.02. The van der Waals surface area contributed by atoms with Crippen LogP contribution in [-0.2, 0) is 0 Å². The molecule has 2 heterocycles. The van der Waals surface area contributed by atoms with Crippen molar-refractivity contribution in [3.8, 4) is 17.1 Å². The fraction of sp³-hybridized carbons (Fsp3) is 0.333. The van der Waals surface area contributed by atoms with Gasteiger partial charge in [0.2, 0.25) is 0 Å². The van der Waals surface area contributed by atoms with E-state index in [0.717, 1.165) is 47.8 Å². The van der Waals surface area contributed by atoms with Crippen LogP contribution in [0.1, 0.15) is 41.4 Å². The highest BCUT2D eigenvalue weighted by molar-refractivity contribution is 6.31. The SMILES string of the molecule is COc1ccc(-c2cc(C(=O)NCC(c3ccccc3Cl)N3CCCCC3)no2)cc1. The van der Waals surface area contributed by atoms with Crippen molar-refractivity contribution < 1.29 is 14.1 Å². The smallest absolute Gasteiger partial charge is 0.273 e. The Morgan fingerprint density at radius 3 is 2.61 bits per heavy atom. The van der Waals surface area contributed by atoms with Crippen LogP contribution in [0.2, 0.25) is 5.02 Å². The van der Waals surface area contributed by atoms with Crippen molar-refractivity contribution in [2.24, 2.45) is 0 Å². The van der Waals surface area contributed by atoms with Crippen molar-refractivity contribution in [1.82, 2.24) is 15.4 Å². The van der Waals surface area contributed by atoms with E-state index < -0.39 is 0 Å². The Morgan fingerprint density at radius 2 is 1.90 bits per heavy atom. The van der Waals surface area contributed by atoms with E-state index in [9.17, 15) is 4.79 Å². The Balaban J connectivity index is 1.46. The Labute approximate surface area is 187 Å². The number of ether oxygens (including phenoxy) is 1. The Hall–Kier alpha value is -2.83. The Bertz CT molecular complexity index is 1010. The molecular formula is C24H26ClN3O3. The normalized spacial score (nSPS) is 15.4. The van der Waals surface area contributed by atoms with Gasteiger partial charge in [-0.3, -0.25) is 9.69 Å². The van der Waals surface area contributed by atoms with Gasteiger partial charge in [-0.2, -0.15) is 0 Å². The summed E-state index contributed by atoms with van der Waals surface area (Å²) >= 11 is 6.49. The molecule has 3 aromatic rings. The average molecular weight is 440 g/mol. The molecule has 0 saturated carbocycles. The topological polar surface area (TPSA) is 67.6 Å². The summed E-state index contributed by atoms with van der Waals surface area (Å²) in [5.41, 5.74) is 2.11. The number of rotatable bonds is 7. The van der Waals surface area contributed by atoms with Crippen LogP contribution >= 0.6 is 11.6 Å². The summed E-state index contributed by atoms with van der Waals surface area (Å²) in [7, 11) is 1.62. The largest absolute Gasteiger partial charge is 0.497 e. The minimum Gasteiger partial charge on any atom is -0.497 e. The molecule has 1 amide bonds. The lowest BCUT2D eigenvalue weighted by Crippen LogP contribution is -2.40. The van der Waals surface area contributed by atoms with Crippen molar-refractivity contribution in [2.45, 2.75) is 25.3 Å². The third-order valence-electron chi connectivity index (χ3n) is 5.67. The third kappa shape index (κ3) is 5.09. The maximum atomic E-state index is 12.8. The van der Waals surface area contributed by atoms with Crippen LogP contribution in [0.15, 0.2) is 59.1 Å². The third-order valence-corrected chi connectivity index (χ3v) is 6.01. The summed E-state index contributed by atoms with van der Waals surface area (Å²) in [4.78, 5) is 15.2. The summed E-state index contributed by atoms with van der Waals surface area (Å²) in [5, 5.41) is 7.70. The second-order valence-corrected chi connectivity index (χ2v) is 8.06. The van der Waals surface area contributed by atoms with E-state index in [1.165, 1.54) is 6.42 Å². The van der Waals surface area contributed by atoms with Gasteiger partial charge in [-0.15, -0.1) is 0 Å². The van der Waals surface area contributed by atoms with Crippen molar-refractivity contribution in [1.29, 1.82) is 0 Å². The number of aromatic nitrogens is 1. The molecule has 1 unspecified atom stereocenters. The molecule has 0 radical (unpaired) electrons. The average Bonchev–Trinajstić information content (AvgIpc) is 3.31. The molecule has 1 aliphatic heterocycles. The number of benzene rings is 2. The zero-order valence-corrected chi connectivity index (χ0v) is 18.3. The van der Waals surface area contributed by atoms with Gasteiger partial charge in [0, 0.05) is 23.2 Å². The predicted molar refractivity (Wildman–Crippen MR) is 120 cm³/mol. The lowest BCUT2D eigenvalue weighted by atomic mass is 10.0. The summed E-state index contributed by atoms with van der Waals surface area (Å²) in [6, 6.07) is 16.9. The summed E-state index contributed by atoms with van der Waals surface area (Å²) < 4.78 is 10.6. The molecule has 1 aromatic heterocycles. The van der Waals surface area contributed by atoms with Crippen molar-refractivity contribution in [3.05, 3.63) is 70.9 Å². The highest BCUT2D eigenvalue weighted by Crippen LogP contribution is 2.29. The second-order valence-electron chi connectivity index (χ2n) is 7.65. The number of nitrogens with one attached hydrogen (secondary N) is 1. The van der Waals surface area contributed by atoms with Gasteiger partial charge in [-0.25, -0.2) is 0 Å². The van der Waals surface area contributed by atoms with Gasteiger partial charge in [-0.1, -0.05) is 41.4 Å². The molecule has 2 aromatic carbocycles. The van der Waals surface area contributed by atoms with Gasteiger partial charge in [0.1, 0.15) is 5.75 Å². The molecule has 6 nitrogen and oxygen atoms in total. The number of halogens is 1. The van der Waals surface area contributed by atoms with Crippen LogP contribution in [0.4, 0.5) is 0 Å². The molecule has 1 fully saturated rings. The van der Waals surface area contributed by atoms with Gasteiger partial charge in [0.05, 0.1) is 13.2 Å². The van der Waals surface area contributed by atoms with Crippen molar-refractivity contribution >= 4 is 17.5 Å². The quantitative estimate of drug-likeness (QED) is 0.563. The number of methoxy groups -OCH3 is 1. The lowest BCUT2D eigenvalue weighted by molar-refractivity contribution is 0.0915. The Morgan fingerprint density at radius 1 is 1.16 bits per heavy atom. The monoisotopic (exact) mass is 439 g/mol. The van der Waals surface area contributed by atoms with E-state index in [4.69, 9.17) is 20.9 Å². The lowest BCUT2D eigenvalue weighted by Gasteiger charge is -2.35. The number of hydrogen-bond acceptors (Lipinski definition) is 5. The van der Waals surface area contributed by atoms with E-state index in [1.807, 2.05) is 48.5 Å². The molecule has 1 aliphatic rings. The van der Waals surface area contributed by atoms with E-state index in [2.05, 4.69) is 15.4 Å². The molecule has 7 heteroatoms.